The number of amides is 3. The summed E-state index contributed by atoms with van der Waals surface area (Å²) >= 11 is 0. The summed E-state index contributed by atoms with van der Waals surface area (Å²) in [7, 11) is 0. The molecule has 35 heavy (non-hydrogen) atoms. The first-order valence-corrected chi connectivity index (χ1v) is 11.3. The van der Waals surface area contributed by atoms with Crippen LogP contribution in [0.15, 0.2) is 42.7 Å². The van der Waals surface area contributed by atoms with Gasteiger partial charge in [0.05, 0.1) is 18.4 Å². The van der Waals surface area contributed by atoms with Crippen LogP contribution in [-0.2, 0) is 11.3 Å². The molecule has 0 spiro atoms. The van der Waals surface area contributed by atoms with Crippen LogP contribution in [0.3, 0.4) is 0 Å². The standard InChI is InChI=1S/C24H27F3N4O4/c1-16(29-12-4-5-13-29)34-20-14-28-11-10-17(20)15-30-22(33)31(21(32)23(30,2)3)18-6-8-19(9-7-18)35-24(25,26)27/h6-11,14,16H,4-5,12-13,15H2,1-3H3. The highest BCUT2D eigenvalue weighted by atomic mass is 19.4. The van der Waals surface area contributed by atoms with Crippen molar-refractivity contribution < 1.29 is 32.2 Å². The average molecular weight is 492 g/mol. The highest BCUT2D eigenvalue weighted by Crippen LogP contribution is 2.36. The predicted octanol–water partition coefficient (Wildman–Crippen LogP) is 4.55. The van der Waals surface area contributed by atoms with E-state index in [0.717, 1.165) is 43.0 Å². The third-order valence-electron chi connectivity index (χ3n) is 6.30. The van der Waals surface area contributed by atoms with E-state index in [2.05, 4.69) is 14.6 Å². The normalized spacial score (nSPS) is 19.4. The molecule has 188 valence electrons. The number of ether oxygens (including phenoxy) is 2. The first-order valence-electron chi connectivity index (χ1n) is 11.3. The number of likely N-dealkylation sites (tertiary alicyclic amines) is 1. The maximum atomic E-state index is 13.3. The first kappa shape index (κ1) is 24.8. The monoisotopic (exact) mass is 492 g/mol. The van der Waals surface area contributed by atoms with Gasteiger partial charge in [0, 0.05) is 24.8 Å². The fourth-order valence-electron chi connectivity index (χ4n) is 4.30. The zero-order valence-corrected chi connectivity index (χ0v) is 19.7. The van der Waals surface area contributed by atoms with Gasteiger partial charge in [-0.2, -0.15) is 0 Å². The van der Waals surface area contributed by atoms with Crippen molar-refractivity contribution in [3.63, 3.8) is 0 Å². The van der Waals surface area contributed by atoms with Gasteiger partial charge in [-0.3, -0.25) is 14.7 Å². The first-order chi connectivity index (χ1) is 16.5. The molecule has 2 aliphatic heterocycles. The summed E-state index contributed by atoms with van der Waals surface area (Å²) in [5.74, 6) is -0.411. The number of alkyl halides is 3. The number of imide groups is 1. The molecule has 2 aliphatic rings. The molecule has 3 amide bonds. The number of hydrogen-bond acceptors (Lipinski definition) is 6. The third-order valence-corrected chi connectivity index (χ3v) is 6.30. The Balaban J connectivity index is 1.54. The molecule has 0 saturated carbocycles. The van der Waals surface area contributed by atoms with Crippen LogP contribution in [0.2, 0.25) is 0 Å². The minimum absolute atomic E-state index is 0.0912. The molecular formula is C24H27F3N4O4. The van der Waals surface area contributed by atoms with E-state index in [1.165, 1.54) is 17.0 Å². The van der Waals surface area contributed by atoms with Gasteiger partial charge in [0.25, 0.3) is 5.91 Å². The molecule has 1 aromatic carbocycles. The van der Waals surface area contributed by atoms with Crippen molar-refractivity contribution in [3.05, 3.63) is 48.3 Å². The van der Waals surface area contributed by atoms with Gasteiger partial charge in [0.1, 0.15) is 23.3 Å². The van der Waals surface area contributed by atoms with Crippen molar-refractivity contribution in [3.8, 4) is 11.5 Å². The van der Waals surface area contributed by atoms with Gasteiger partial charge >= 0.3 is 12.4 Å². The maximum absolute atomic E-state index is 13.3. The molecule has 0 N–H and O–H groups in total. The topological polar surface area (TPSA) is 75.2 Å². The van der Waals surface area contributed by atoms with Crippen LogP contribution in [-0.4, -0.2) is 57.9 Å². The van der Waals surface area contributed by atoms with Crippen molar-refractivity contribution in [2.75, 3.05) is 18.0 Å². The molecule has 11 heteroatoms. The second kappa shape index (κ2) is 9.37. The van der Waals surface area contributed by atoms with Crippen LogP contribution in [0.25, 0.3) is 0 Å². The number of halogens is 3. The zero-order valence-electron chi connectivity index (χ0n) is 19.7. The van der Waals surface area contributed by atoms with Crippen LogP contribution in [0, 0.1) is 0 Å². The van der Waals surface area contributed by atoms with Gasteiger partial charge in [-0.15, -0.1) is 13.2 Å². The van der Waals surface area contributed by atoms with Crippen molar-refractivity contribution in [2.45, 2.75) is 58.3 Å². The van der Waals surface area contributed by atoms with Crippen LogP contribution < -0.4 is 14.4 Å². The molecular weight excluding hydrogens is 465 g/mol. The van der Waals surface area contributed by atoms with E-state index < -0.39 is 29.6 Å². The molecule has 2 fully saturated rings. The Morgan fingerprint density at radius 1 is 1.09 bits per heavy atom. The zero-order chi connectivity index (χ0) is 25.4. The van der Waals surface area contributed by atoms with E-state index in [9.17, 15) is 22.8 Å². The Morgan fingerprint density at radius 3 is 2.37 bits per heavy atom. The second-order valence-corrected chi connectivity index (χ2v) is 9.05. The summed E-state index contributed by atoms with van der Waals surface area (Å²) in [4.78, 5) is 35.3. The Morgan fingerprint density at radius 2 is 1.74 bits per heavy atom. The lowest BCUT2D eigenvalue weighted by atomic mass is 10.0. The molecule has 2 aromatic rings. The van der Waals surface area contributed by atoms with Gasteiger partial charge in [-0.1, -0.05) is 0 Å². The second-order valence-electron chi connectivity index (χ2n) is 9.05. The quantitative estimate of drug-likeness (QED) is 0.528. The SMILES string of the molecule is CC(Oc1cnccc1CN1C(=O)N(c2ccc(OC(F)(F)F)cc2)C(=O)C1(C)C)N1CCCC1. The Kier molecular flexibility index (Phi) is 6.63. The van der Waals surface area contributed by atoms with Gasteiger partial charge in [0.15, 0.2) is 0 Å². The summed E-state index contributed by atoms with van der Waals surface area (Å²) < 4.78 is 47.4. The van der Waals surface area contributed by atoms with Crippen LogP contribution >= 0.6 is 0 Å². The van der Waals surface area contributed by atoms with Gasteiger partial charge < -0.3 is 14.4 Å². The number of carbonyl (C=O) groups excluding carboxylic acids is 2. The fourth-order valence-corrected chi connectivity index (χ4v) is 4.30. The number of rotatable bonds is 7. The summed E-state index contributed by atoms with van der Waals surface area (Å²) in [6.07, 6.45) is 0.412. The number of benzene rings is 1. The minimum Gasteiger partial charge on any atom is -0.473 e. The van der Waals surface area contributed by atoms with Crippen LogP contribution in [0.1, 0.15) is 39.2 Å². The Bertz CT molecular complexity index is 1080. The molecule has 1 aromatic heterocycles. The number of nitrogens with zero attached hydrogens (tertiary/aromatic N) is 4. The summed E-state index contributed by atoms with van der Waals surface area (Å²) in [5.41, 5.74) is -0.353. The Labute approximate surface area is 201 Å². The lowest BCUT2D eigenvalue weighted by molar-refractivity contribution is -0.274. The van der Waals surface area contributed by atoms with Crippen molar-refractivity contribution in [1.82, 2.24) is 14.8 Å². The highest BCUT2D eigenvalue weighted by Gasteiger charge is 2.52. The average Bonchev–Trinajstić information content (AvgIpc) is 3.38. The minimum atomic E-state index is -4.84. The van der Waals surface area contributed by atoms with E-state index in [1.807, 2.05) is 6.92 Å². The Hall–Kier alpha value is -3.34. The van der Waals surface area contributed by atoms with E-state index in [4.69, 9.17) is 4.74 Å². The molecule has 2 saturated heterocycles. The largest absolute Gasteiger partial charge is 0.573 e. The smallest absolute Gasteiger partial charge is 0.473 e. The van der Waals surface area contributed by atoms with E-state index >= 15 is 0 Å². The summed E-state index contributed by atoms with van der Waals surface area (Å²) in [5, 5.41) is 0. The summed E-state index contributed by atoms with van der Waals surface area (Å²) in [6.45, 7) is 7.21. The lowest BCUT2D eigenvalue weighted by Crippen LogP contribution is -2.43. The van der Waals surface area contributed by atoms with Gasteiger partial charge in [0.2, 0.25) is 0 Å². The van der Waals surface area contributed by atoms with Gasteiger partial charge in [-0.25, -0.2) is 9.69 Å². The molecule has 3 heterocycles. The van der Waals surface area contributed by atoms with E-state index in [-0.39, 0.29) is 18.5 Å². The van der Waals surface area contributed by atoms with Crippen LogP contribution in [0.5, 0.6) is 11.5 Å². The molecule has 0 radical (unpaired) electrons. The van der Waals surface area contributed by atoms with Gasteiger partial charge in [-0.05, 0) is 63.9 Å². The molecule has 0 aliphatic carbocycles. The number of pyridine rings is 1. The lowest BCUT2D eigenvalue weighted by Gasteiger charge is -2.29. The fraction of sp³-hybridized carbons (Fsp3) is 0.458. The molecule has 0 bridgehead atoms. The van der Waals surface area contributed by atoms with Crippen molar-refractivity contribution in [1.29, 1.82) is 0 Å². The molecule has 4 rings (SSSR count). The molecule has 1 atom stereocenters. The third kappa shape index (κ3) is 5.19. The number of carbonyl (C=O) groups is 2. The molecule has 8 nitrogen and oxygen atoms in total. The number of aromatic nitrogens is 1. The van der Waals surface area contributed by atoms with Crippen molar-refractivity contribution >= 4 is 17.6 Å². The summed E-state index contributed by atoms with van der Waals surface area (Å²) in [6, 6.07) is 5.77. The number of urea groups is 1. The number of hydrogen-bond donors (Lipinski definition) is 0. The maximum Gasteiger partial charge on any atom is 0.573 e. The predicted molar refractivity (Wildman–Crippen MR) is 121 cm³/mol. The number of anilines is 1. The van der Waals surface area contributed by atoms with Crippen molar-refractivity contribution in [2.24, 2.45) is 0 Å². The van der Waals surface area contributed by atoms with E-state index in [1.54, 1.807) is 32.3 Å². The van der Waals surface area contributed by atoms with Crippen LogP contribution in [0.4, 0.5) is 23.7 Å². The highest BCUT2D eigenvalue weighted by molar-refractivity contribution is 6.22. The van der Waals surface area contributed by atoms with E-state index in [0.29, 0.717) is 11.3 Å². The molecule has 1 unspecified atom stereocenters.